The van der Waals surface area contributed by atoms with Gasteiger partial charge in [-0.25, -0.2) is 0 Å². The zero-order valence-electron chi connectivity index (χ0n) is 14.5. The Bertz CT molecular complexity index is 659. The third kappa shape index (κ3) is 3.85. The number of piperidine rings is 1. The maximum absolute atomic E-state index is 13.1. The Hall–Kier alpha value is -2.14. The highest BCUT2D eigenvalue weighted by Crippen LogP contribution is 2.22. The van der Waals surface area contributed by atoms with E-state index in [0.29, 0.717) is 12.5 Å². The maximum Gasteiger partial charge on any atom is 0.244 e. The average Bonchev–Trinajstić information content (AvgIpc) is 3.01. The minimum Gasteiger partial charge on any atom is -0.341 e. The summed E-state index contributed by atoms with van der Waals surface area (Å²) in [6, 6.07) is 9.67. The molecule has 1 aromatic heterocycles. The van der Waals surface area contributed by atoms with Crippen molar-refractivity contribution in [1.82, 2.24) is 20.4 Å². The van der Waals surface area contributed by atoms with Crippen molar-refractivity contribution in [3.63, 3.8) is 0 Å². The Labute approximate surface area is 143 Å². The van der Waals surface area contributed by atoms with Gasteiger partial charge < -0.3 is 4.90 Å². The first-order valence-corrected chi connectivity index (χ1v) is 8.71. The average molecular weight is 326 g/mol. The molecular weight excluding hydrogens is 300 g/mol. The summed E-state index contributed by atoms with van der Waals surface area (Å²) in [7, 11) is 0. The number of benzene rings is 1. The van der Waals surface area contributed by atoms with Crippen LogP contribution in [0.15, 0.2) is 36.5 Å². The molecule has 1 saturated heterocycles. The number of aromatic amines is 1. The molecule has 0 aliphatic carbocycles. The van der Waals surface area contributed by atoms with E-state index in [4.69, 9.17) is 0 Å². The minimum atomic E-state index is -0.311. The largest absolute Gasteiger partial charge is 0.341 e. The van der Waals surface area contributed by atoms with E-state index in [1.807, 2.05) is 48.4 Å². The van der Waals surface area contributed by atoms with Crippen molar-refractivity contribution in [2.75, 3.05) is 13.1 Å². The van der Waals surface area contributed by atoms with Gasteiger partial charge in [0, 0.05) is 30.9 Å². The Morgan fingerprint density at radius 2 is 2.04 bits per heavy atom. The van der Waals surface area contributed by atoms with E-state index in [2.05, 4.69) is 22.4 Å². The number of nitrogens with zero attached hydrogens (tertiary/aromatic N) is 2. The molecule has 2 N–H and O–H groups in total. The van der Waals surface area contributed by atoms with Crippen LogP contribution in [-0.4, -0.2) is 34.1 Å². The number of hydrogen-bond acceptors (Lipinski definition) is 3. The van der Waals surface area contributed by atoms with Crippen molar-refractivity contribution in [3.05, 3.63) is 53.3 Å². The highest BCUT2D eigenvalue weighted by molar-refractivity contribution is 5.83. The zero-order valence-corrected chi connectivity index (χ0v) is 14.5. The van der Waals surface area contributed by atoms with Crippen molar-refractivity contribution in [3.8, 4) is 0 Å². The molecule has 1 aliphatic rings. The molecule has 5 heteroatoms. The highest BCUT2D eigenvalue weighted by atomic mass is 16.2. The fourth-order valence-electron chi connectivity index (χ4n) is 3.17. The number of H-pyrrole nitrogens is 1. The first-order valence-electron chi connectivity index (χ1n) is 8.71. The summed E-state index contributed by atoms with van der Waals surface area (Å²) < 4.78 is 0. The number of amides is 1. The molecule has 1 atom stereocenters. The summed E-state index contributed by atoms with van der Waals surface area (Å²) in [6.07, 6.45) is 4.00. The number of carbonyl (C=O) groups excluding carboxylic acids is 1. The van der Waals surface area contributed by atoms with Gasteiger partial charge in [0.2, 0.25) is 5.91 Å². The normalized spacial score (nSPS) is 17.0. The lowest BCUT2D eigenvalue weighted by molar-refractivity contribution is -0.135. The van der Waals surface area contributed by atoms with Crippen LogP contribution in [0.3, 0.4) is 0 Å². The molecule has 0 bridgehead atoms. The molecule has 1 aromatic carbocycles. The molecule has 1 amide bonds. The summed E-state index contributed by atoms with van der Waals surface area (Å²) in [6.45, 7) is 6.59. The molecule has 3 rings (SSSR count). The predicted molar refractivity (Wildman–Crippen MR) is 94.3 cm³/mol. The van der Waals surface area contributed by atoms with Crippen LogP contribution in [0.1, 0.15) is 42.6 Å². The lowest BCUT2D eigenvalue weighted by Crippen LogP contribution is -2.44. The van der Waals surface area contributed by atoms with Crippen LogP contribution < -0.4 is 5.32 Å². The molecule has 0 spiro atoms. The number of carbonyl (C=O) groups is 1. The summed E-state index contributed by atoms with van der Waals surface area (Å²) in [5.41, 5.74) is 3.15. The van der Waals surface area contributed by atoms with Gasteiger partial charge >= 0.3 is 0 Å². The lowest BCUT2D eigenvalue weighted by Gasteiger charge is -2.33. The molecule has 0 radical (unpaired) electrons. The molecule has 2 aromatic rings. The second-order valence-corrected chi connectivity index (χ2v) is 6.75. The van der Waals surface area contributed by atoms with Gasteiger partial charge in [0.15, 0.2) is 0 Å². The van der Waals surface area contributed by atoms with Crippen molar-refractivity contribution in [2.24, 2.45) is 5.92 Å². The van der Waals surface area contributed by atoms with Gasteiger partial charge in [-0.2, -0.15) is 5.10 Å². The molecule has 0 saturated carbocycles. The highest BCUT2D eigenvalue weighted by Gasteiger charge is 2.28. The lowest BCUT2D eigenvalue weighted by atomic mass is 9.97. The third-order valence-electron chi connectivity index (χ3n) is 4.91. The maximum atomic E-state index is 13.1. The minimum absolute atomic E-state index is 0.175. The van der Waals surface area contributed by atoms with E-state index in [1.54, 1.807) is 0 Å². The standard InChI is InChI=1S/C19H26N4O/c1-14-8-10-23(11-9-14)19(24)18(16-6-4-3-5-7-16)20-12-17-13-21-22-15(17)2/h3-7,13-14,18,20H,8-12H2,1-2H3,(H,21,22)/t18-/m1/s1. The van der Waals surface area contributed by atoms with E-state index in [0.717, 1.165) is 42.8 Å². The number of aryl methyl sites for hydroxylation is 1. The predicted octanol–water partition coefficient (Wildman–Crippen LogP) is 2.81. The van der Waals surface area contributed by atoms with Crippen LogP contribution in [0.4, 0.5) is 0 Å². The quantitative estimate of drug-likeness (QED) is 0.888. The van der Waals surface area contributed by atoms with E-state index in [9.17, 15) is 4.79 Å². The molecule has 2 heterocycles. The van der Waals surface area contributed by atoms with Crippen molar-refractivity contribution < 1.29 is 4.79 Å². The summed E-state index contributed by atoms with van der Waals surface area (Å²) in [4.78, 5) is 15.1. The Morgan fingerprint density at radius 3 is 2.67 bits per heavy atom. The van der Waals surface area contributed by atoms with Crippen molar-refractivity contribution in [1.29, 1.82) is 0 Å². The first kappa shape index (κ1) is 16.7. The van der Waals surface area contributed by atoms with Gasteiger partial charge in [0.25, 0.3) is 0 Å². The number of aromatic nitrogens is 2. The zero-order chi connectivity index (χ0) is 16.9. The first-order chi connectivity index (χ1) is 11.6. The van der Waals surface area contributed by atoms with Gasteiger partial charge in [-0.05, 0) is 31.2 Å². The van der Waals surface area contributed by atoms with Crippen LogP contribution in [0.5, 0.6) is 0 Å². The monoisotopic (exact) mass is 326 g/mol. The fourth-order valence-corrected chi connectivity index (χ4v) is 3.17. The van der Waals surface area contributed by atoms with Gasteiger partial charge in [-0.15, -0.1) is 0 Å². The molecule has 1 aliphatic heterocycles. The van der Waals surface area contributed by atoms with Crippen LogP contribution in [0, 0.1) is 12.8 Å². The third-order valence-corrected chi connectivity index (χ3v) is 4.91. The molecular formula is C19H26N4O. The van der Waals surface area contributed by atoms with Crippen molar-refractivity contribution >= 4 is 5.91 Å². The fraction of sp³-hybridized carbons (Fsp3) is 0.474. The Morgan fingerprint density at radius 1 is 1.33 bits per heavy atom. The molecule has 128 valence electrons. The SMILES string of the molecule is Cc1[nH]ncc1CN[C@@H](C(=O)N1CCC(C)CC1)c1ccccc1. The topological polar surface area (TPSA) is 61.0 Å². The van der Waals surface area contributed by atoms with Gasteiger partial charge in [0.05, 0.1) is 6.20 Å². The number of nitrogens with one attached hydrogen (secondary N) is 2. The number of hydrogen-bond donors (Lipinski definition) is 2. The van der Waals surface area contributed by atoms with Gasteiger partial charge in [-0.1, -0.05) is 37.3 Å². The summed E-state index contributed by atoms with van der Waals surface area (Å²) in [5, 5.41) is 10.4. The van der Waals surface area contributed by atoms with E-state index in [-0.39, 0.29) is 11.9 Å². The Balaban J connectivity index is 1.74. The van der Waals surface area contributed by atoms with Gasteiger partial charge in [0.1, 0.15) is 6.04 Å². The molecule has 1 fully saturated rings. The molecule has 0 unspecified atom stereocenters. The summed E-state index contributed by atoms with van der Waals surface area (Å²) >= 11 is 0. The summed E-state index contributed by atoms with van der Waals surface area (Å²) in [5.74, 6) is 0.889. The molecule has 5 nitrogen and oxygen atoms in total. The van der Waals surface area contributed by atoms with Crippen molar-refractivity contribution in [2.45, 2.75) is 39.3 Å². The van der Waals surface area contributed by atoms with Crippen LogP contribution >= 0.6 is 0 Å². The Kier molecular flexibility index (Phi) is 5.30. The second-order valence-electron chi connectivity index (χ2n) is 6.75. The number of likely N-dealkylation sites (tertiary alicyclic amines) is 1. The van der Waals surface area contributed by atoms with E-state index < -0.39 is 0 Å². The van der Waals surface area contributed by atoms with Crippen LogP contribution in [0.2, 0.25) is 0 Å². The van der Waals surface area contributed by atoms with Gasteiger partial charge in [-0.3, -0.25) is 15.2 Å². The van der Waals surface area contributed by atoms with E-state index in [1.165, 1.54) is 0 Å². The van der Waals surface area contributed by atoms with E-state index >= 15 is 0 Å². The number of rotatable bonds is 5. The van der Waals surface area contributed by atoms with Crippen LogP contribution in [-0.2, 0) is 11.3 Å². The second kappa shape index (κ2) is 7.62. The molecule has 24 heavy (non-hydrogen) atoms. The van der Waals surface area contributed by atoms with Crippen LogP contribution in [0.25, 0.3) is 0 Å². The smallest absolute Gasteiger partial charge is 0.244 e.